The number of benzene rings is 1. The predicted octanol–water partition coefficient (Wildman–Crippen LogP) is 2.75. The van der Waals surface area contributed by atoms with E-state index in [2.05, 4.69) is 15.9 Å². The summed E-state index contributed by atoms with van der Waals surface area (Å²) in [7, 11) is 0. The number of hydrogen-bond donors (Lipinski definition) is 1. The minimum Gasteiger partial charge on any atom is -0.324 e. The molecular formula is C8H8BrF2N. The zero-order valence-electron chi connectivity index (χ0n) is 6.44. The fourth-order valence-corrected chi connectivity index (χ4v) is 1.07. The van der Waals surface area contributed by atoms with Crippen molar-refractivity contribution in [3.8, 4) is 0 Å². The predicted molar refractivity (Wildman–Crippen MR) is 46.7 cm³/mol. The molecule has 1 unspecified atom stereocenters. The first-order valence-electron chi connectivity index (χ1n) is 3.42. The quantitative estimate of drug-likeness (QED) is 0.745. The third-order valence-corrected chi connectivity index (χ3v) is 2.29. The molecule has 0 aromatic heterocycles. The number of halogens is 3. The third kappa shape index (κ3) is 1.81. The van der Waals surface area contributed by atoms with Crippen molar-refractivity contribution >= 4 is 15.9 Å². The van der Waals surface area contributed by atoms with Crippen LogP contribution in [0, 0.1) is 11.6 Å². The molecule has 0 heterocycles. The minimum atomic E-state index is -0.623. The molecule has 0 saturated heterocycles. The molecule has 0 aliphatic rings. The topological polar surface area (TPSA) is 26.0 Å². The molecule has 0 bridgehead atoms. The molecule has 1 aromatic rings. The lowest BCUT2D eigenvalue weighted by molar-refractivity contribution is 0.565. The molecule has 0 aliphatic heterocycles. The normalized spacial score (nSPS) is 13.1. The van der Waals surface area contributed by atoms with Crippen molar-refractivity contribution in [2.45, 2.75) is 13.0 Å². The highest BCUT2D eigenvalue weighted by atomic mass is 79.9. The zero-order chi connectivity index (χ0) is 9.30. The van der Waals surface area contributed by atoms with Crippen molar-refractivity contribution in [1.82, 2.24) is 0 Å². The van der Waals surface area contributed by atoms with E-state index in [0.717, 1.165) is 0 Å². The number of nitrogens with two attached hydrogens (primary N) is 1. The van der Waals surface area contributed by atoms with Gasteiger partial charge in [-0.1, -0.05) is 0 Å². The molecule has 0 fully saturated rings. The third-order valence-electron chi connectivity index (χ3n) is 1.53. The van der Waals surface area contributed by atoms with Crippen LogP contribution in [0.2, 0.25) is 0 Å². The number of rotatable bonds is 1. The van der Waals surface area contributed by atoms with Gasteiger partial charge in [-0.05, 0) is 40.5 Å². The molecule has 0 radical (unpaired) electrons. The Kier molecular flexibility index (Phi) is 2.80. The van der Waals surface area contributed by atoms with Crippen LogP contribution in [0.5, 0.6) is 0 Å². The molecule has 1 nitrogen and oxygen atoms in total. The van der Waals surface area contributed by atoms with Gasteiger partial charge in [0.1, 0.15) is 11.6 Å². The first-order chi connectivity index (χ1) is 5.52. The van der Waals surface area contributed by atoms with Crippen LogP contribution in [-0.4, -0.2) is 0 Å². The Morgan fingerprint density at radius 2 is 1.75 bits per heavy atom. The Labute approximate surface area is 77.7 Å². The van der Waals surface area contributed by atoms with Crippen LogP contribution in [0.1, 0.15) is 18.5 Å². The summed E-state index contributed by atoms with van der Waals surface area (Å²) in [6.45, 7) is 1.67. The van der Waals surface area contributed by atoms with Crippen molar-refractivity contribution in [2.75, 3.05) is 0 Å². The van der Waals surface area contributed by atoms with E-state index in [1.165, 1.54) is 12.1 Å². The van der Waals surface area contributed by atoms with Crippen LogP contribution in [0.25, 0.3) is 0 Å². The van der Waals surface area contributed by atoms with Crippen LogP contribution in [-0.2, 0) is 0 Å². The second-order valence-corrected chi connectivity index (χ2v) is 3.38. The molecule has 0 saturated carbocycles. The molecule has 0 spiro atoms. The summed E-state index contributed by atoms with van der Waals surface area (Å²) < 4.78 is 25.6. The van der Waals surface area contributed by atoms with E-state index in [-0.39, 0.29) is 10.5 Å². The fourth-order valence-electron chi connectivity index (χ4n) is 0.838. The SMILES string of the molecule is CC(N)c1cc(F)c(Br)c(F)c1. The van der Waals surface area contributed by atoms with E-state index in [0.29, 0.717) is 5.56 Å². The first-order valence-corrected chi connectivity index (χ1v) is 4.21. The Hall–Kier alpha value is -0.480. The second-order valence-electron chi connectivity index (χ2n) is 2.59. The van der Waals surface area contributed by atoms with Crippen LogP contribution in [0.15, 0.2) is 16.6 Å². The Morgan fingerprint density at radius 1 is 1.33 bits per heavy atom. The molecule has 2 N–H and O–H groups in total. The van der Waals surface area contributed by atoms with Crippen LogP contribution >= 0.6 is 15.9 Å². The molecule has 0 aliphatic carbocycles. The Bertz CT molecular complexity index is 276. The Morgan fingerprint density at radius 3 is 2.08 bits per heavy atom. The zero-order valence-corrected chi connectivity index (χ0v) is 8.03. The number of hydrogen-bond acceptors (Lipinski definition) is 1. The smallest absolute Gasteiger partial charge is 0.140 e. The van der Waals surface area contributed by atoms with Gasteiger partial charge in [0.05, 0.1) is 4.47 Å². The summed E-state index contributed by atoms with van der Waals surface area (Å²) in [5, 5.41) is 0. The van der Waals surface area contributed by atoms with Gasteiger partial charge in [-0.25, -0.2) is 8.78 Å². The van der Waals surface area contributed by atoms with E-state index in [4.69, 9.17) is 5.73 Å². The molecule has 1 rings (SSSR count). The highest BCUT2D eigenvalue weighted by Crippen LogP contribution is 2.23. The average Bonchev–Trinajstić information content (AvgIpc) is 1.99. The molecule has 4 heteroatoms. The largest absolute Gasteiger partial charge is 0.324 e. The highest BCUT2D eigenvalue weighted by molar-refractivity contribution is 9.10. The monoisotopic (exact) mass is 235 g/mol. The van der Waals surface area contributed by atoms with E-state index in [9.17, 15) is 8.78 Å². The van der Waals surface area contributed by atoms with Gasteiger partial charge in [0, 0.05) is 6.04 Å². The lowest BCUT2D eigenvalue weighted by atomic mass is 10.1. The maximum Gasteiger partial charge on any atom is 0.140 e. The molecular weight excluding hydrogens is 228 g/mol. The average molecular weight is 236 g/mol. The van der Waals surface area contributed by atoms with Crippen molar-refractivity contribution in [2.24, 2.45) is 5.73 Å². The highest BCUT2D eigenvalue weighted by Gasteiger charge is 2.09. The van der Waals surface area contributed by atoms with Gasteiger partial charge in [0.15, 0.2) is 0 Å². The summed E-state index contributed by atoms with van der Waals surface area (Å²) in [6.07, 6.45) is 0. The molecule has 12 heavy (non-hydrogen) atoms. The summed E-state index contributed by atoms with van der Waals surface area (Å²) in [6, 6.07) is 2.08. The lowest BCUT2D eigenvalue weighted by Gasteiger charge is -2.06. The molecule has 66 valence electrons. The fraction of sp³-hybridized carbons (Fsp3) is 0.250. The van der Waals surface area contributed by atoms with Crippen molar-refractivity contribution in [3.63, 3.8) is 0 Å². The standard InChI is InChI=1S/C8H8BrF2N/c1-4(12)5-2-6(10)8(9)7(11)3-5/h2-4H,12H2,1H3. The van der Waals surface area contributed by atoms with Gasteiger partial charge in [-0.15, -0.1) is 0 Å². The summed E-state index contributed by atoms with van der Waals surface area (Å²) >= 11 is 2.77. The van der Waals surface area contributed by atoms with Crippen molar-refractivity contribution < 1.29 is 8.78 Å². The van der Waals surface area contributed by atoms with Crippen molar-refractivity contribution in [1.29, 1.82) is 0 Å². The van der Waals surface area contributed by atoms with Gasteiger partial charge >= 0.3 is 0 Å². The van der Waals surface area contributed by atoms with Crippen LogP contribution in [0.4, 0.5) is 8.78 Å². The molecule has 1 aromatic carbocycles. The van der Waals surface area contributed by atoms with E-state index < -0.39 is 11.6 Å². The minimum absolute atomic E-state index is 0.146. The van der Waals surface area contributed by atoms with Gasteiger partial charge in [-0.2, -0.15) is 0 Å². The van der Waals surface area contributed by atoms with E-state index in [1.807, 2.05) is 0 Å². The van der Waals surface area contributed by atoms with Crippen LogP contribution < -0.4 is 5.73 Å². The summed E-state index contributed by atoms with van der Waals surface area (Å²) in [4.78, 5) is 0. The van der Waals surface area contributed by atoms with E-state index in [1.54, 1.807) is 6.92 Å². The second kappa shape index (κ2) is 3.49. The summed E-state index contributed by atoms with van der Waals surface area (Å²) in [5.74, 6) is -1.25. The first kappa shape index (κ1) is 9.61. The molecule has 1 atom stereocenters. The van der Waals surface area contributed by atoms with Crippen LogP contribution in [0.3, 0.4) is 0 Å². The van der Waals surface area contributed by atoms with Gasteiger partial charge < -0.3 is 5.73 Å². The van der Waals surface area contributed by atoms with Gasteiger partial charge in [0.25, 0.3) is 0 Å². The van der Waals surface area contributed by atoms with Gasteiger partial charge in [0.2, 0.25) is 0 Å². The maximum absolute atomic E-state index is 12.9. The van der Waals surface area contributed by atoms with E-state index >= 15 is 0 Å². The van der Waals surface area contributed by atoms with Crippen molar-refractivity contribution in [3.05, 3.63) is 33.8 Å². The lowest BCUT2D eigenvalue weighted by Crippen LogP contribution is -2.06. The Balaban J connectivity index is 3.21. The summed E-state index contributed by atoms with van der Waals surface area (Å²) in [5.41, 5.74) is 5.90. The van der Waals surface area contributed by atoms with Gasteiger partial charge in [-0.3, -0.25) is 0 Å². The maximum atomic E-state index is 12.9. The molecule has 0 amide bonds.